The number of hydrogen-bond acceptors (Lipinski definition) is 2. The van der Waals surface area contributed by atoms with E-state index in [-0.39, 0.29) is 6.29 Å². The first kappa shape index (κ1) is 11.0. The molecule has 1 aliphatic rings. The molecule has 0 aromatic carbocycles. The predicted molar refractivity (Wildman–Crippen MR) is 53.6 cm³/mol. The Morgan fingerprint density at radius 3 is 2.62 bits per heavy atom. The molecule has 1 saturated heterocycles. The summed E-state index contributed by atoms with van der Waals surface area (Å²) in [4.78, 5) is 0. The maximum atomic E-state index is 5.47. The summed E-state index contributed by atoms with van der Waals surface area (Å²) in [5, 5.41) is 0. The Balaban J connectivity index is 1.98. The van der Waals surface area contributed by atoms with Crippen LogP contribution in [0.4, 0.5) is 0 Å². The molecule has 78 valence electrons. The van der Waals surface area contributed by atoms with Crippen LogP contribution in [-0.4, -0.2) is 19.5 Å². The maximum Gasteiger partial charge on any atom is 0.157 e. The van der Waals surface area contributed by atoms with Gasteiger partial charge in [0.2, 0.25) is 0 Å². The summed E-state index contributed by atoms with van der Waals surface area (Å²) < 4.78 is 10.9. The molecule has 1 fully saturated rings. The summed E-state index contributed by atoms with van der Waals surface area (Å²) in [7, 11) is 0. The van der Waals surface area contributed by atoms with E-state index in [1.807, 2.05) is 0 Å². The summed E-state index contributed by atoms with van der Waals surface area (Å²) in [5.74, 6) is 0.851. The summed E-state index contributed by atoms with van der Waals surface area (Å²) in [6.45, 7) is 6.32. The summed E-state index contributed by atoms with van der Waals surface area (Å²) in [5.41, 5.74) is 0. The Hall–Kier alpha value is -0.0800. The Morgan fingerprint density at radius 2 is 2.00 bits per heavy atom. The van der Waals surface area contributed by atoms with Crippen LogP contribution in [0.2, 0.25) is 0 Å². The van der Waals surface area contributed by atoms with Crippen molar-refractivity contribution >= 4 is 0 Å². The fourth-order valence-electron chi connectivity index (χ4n) is 1.54. The third-order valence-corrected chi connectivity index (χ3v) is 2.73. The third kappa shape index (κ3) is 4.63. The van der Waals surface area contributed by atoms with Crippen molar-refractivity contribution in [2.24, 2.45) is 5.92 Å². The van der Waals surface area contributed by atoms with Crippen molar-refractivity contribution in [3.05, 3.63) is 0 Å². The number of rotatable bonds is 5. The van der Waals surface area contributed by atoms with E-state index in [0.29, 0.717) is 0 Å². The van der Waals surface area contributed by atoms with Gasteiger partial charge in [-0.05, 0) is 25.2 Å². The van der Waals surface area contributed by atoms with Crippen molar-refractivity contribution in [3.8, 4) is 0 Å². The number of ether oxygens (including phenoxy) is 2. The zero-order chi connectivity index (χ0) is 9.52. The number of hydrogen-bond donors (Lipinski definition) is 0. The average Bonchev–Trinajstić information content (AvgIpc) is 2.19. The van der Waals surface area contributed by atoms with Gasteiger partial charge in [-0.15, -0.1) is 0 Å². The summed E-state index contributed by atoms with van der Waals surface area (Å²) in [6.07, 6.45) is 6.05. The van der Waals surface area contributed by atoms with Crippen molar-refractivity contribution in [2.45, 2.75) is 52.2 Å². The second kappa shape index (κ2) is 6.39. The van der Waals surface area contributed by atoms with Crippen molar-refractivity contribution in [1.82, 2.24) is 0 Å². The van der Waals surface area contributed by atoms with Crippen LogP contribution in [0.25, 0.3) is 0 Å². The van der Waals surface area contributed by atoms with E-state index in [1.165, 1.54) is 19.3 Å². The first-order chi connectivity index (χ1) is 6.33. The largest absolute Gasteiger partial charge is 0.353 e. The Morgan fingerprint density at radius 1 is 1.31 bits per heavy atom. The van der Waals surface area contributed by atoms with Crippen molar-refractivity contribution in [2.75, 3.05) is 13.2 Å². The molecule has 13 heavy (non-hydrogen) atoms. The van der Waals surface area contributed by atoms with Gasteiger partial charge in [-0.3, -0.25) is 0 Å². The first-order valence-electron chi connectivity index (χ1n) is 5.56. The monoisotopic (exact) mass is 186 g/mol. The van der Waals surface area contributed by atoms with Gasteiger partial charge >= 0.3 is 0 Å². The van der Waals surface area contributed by atoms with Crippen molar-refractivity contribution < 1.29 is 9.47 Å². The fraction of sp³-hybridized carbons (Fsp3) is 1.00. The second-order valence-electron chi connectivity index (χ2n) is 3.97. The predicted octanol–water partition coefficient (Wildman–Crippen LogP) is 2.97. The molecule has 0 saturated carbocycles. The molecule has 0 aliphatic carbocycles. The van der Waals surface area contributed by atoms with E-state index in [4.69, 9.17) is 9.47 Å². The highest BCUT2D eigenvalue weighted by Gasteiger charge is 2.13. The molecule has 2 heteroatoms. The maximum absolute atomic E-state index is 5.47. The lowest BCUT2D eigenvalue weighted by Crippen LogP contribution is -2.24. The van der Waals surface area contributed by atoms with Crippen LogP contribution in [0.5, 0.6) is 0 Å². The van der Waals surface area contributed by atoms with E-state index in [2.05, 4.69) is 13.8 Å². The van der Waals surface area contributed by atoms with E-state index in [9.17, 15) is 0 Å². The molecule has 1 aliphatic heterocycles. The van der Waals surface area contributed by atoms with Gasteiger partial charge in [0.25, 0.3) is 0 Å². The minimum Gasteiger partial charge on any atom is -0.353 e. The highest BCUT2D eigenvalue weighted by Crippen LogP contribution is 2.16. The van der Waals surface area contributed by atoms with Crippen molar-refractivity contribution in [1.29, 1.82) is 0 Å². The molecule has 0 aromatic rings. The Kier molecular flexibility index (Phi) is 5.40. The van der Waals surface area contributed by atoms with E-state index >= 15 is 0 Å². The molecule has 0 N–H and O–H groups in total. The molecular weight excluding hydrogens is 164 g/mol. The normalized spacial score (nSPS) is 21.7. The Labute approximate surface area is 81.6 Å². The van der Waals surface area contributed by atoms with E-state index < -0.39 is 0 Å². The highest BCUT2D eigenvalue weighted by molar-refractivity contribution is 4.55. The zero-order valence-electron chi connectivity index (χ0n) is 8.92. The molecule has 1 unspecified atom stereocenters. The van der Waals surface area contributed by atoms with Gasteiger partial charge in [0.15, 0.2) is 6.29 Å². The quantitative estimate of drug-likeness (QED) is 0.657. The fourth-order valence-corrected chi connectivity index (χ4v) is 1.54. The van der Waals surface area contributed by atoms with Gasteiger partial charge in [0.05, 0.1) is 13.2 Å². The molecule has 1 rings (SSSR count). The summed E-state index contributed by atoms with van der Waals surface area (Å²) in [6, 6.07) is 0. The molecule has 0 radical (unpaired) electrons. The molecular formula is C11H22O2. The zero-order valence-corrected chi connectivity index (χ0v) is 8.92. The van der Waals surface area contributed by atoms with Gasteiger partial charge in [0.1, 0.15) is 0 Å². The topological polar surface area (TPSA) is 18.5 Å². The molecule has 1 atom stereocenters. The van der Waals surface area contributed by atoms with Gasteiger partial charge in [-0.1, -0.05) is 26.7 Å². The molecule has 0 bridgehead atoms. The SMILES string of the molecule is CCC(C)CCCC1OCCCO1. The Bertz CT molecular complexity index is 119. The van der Waals surface area contributed by atoms with Crippen LogP contribution in [0, 0.1) is 5.92 Å². The minimum absolute atomic E-state index is 0.0952. The standard InChI is InChI=1S/C11H22O2/c1-3-10(2)6-4-7-11-12-8-5-9-13-11/h10-11H,3-9H2,1-2H3. The molecule has 0 amide bonds. The van der Waals surface area contributed by atoms with Crippen molar-refractivity contribution in [3.63, 3.8) is 0 Å². The lowest BCUT2D eigenvalue weighted by molar-refractivity contribution is -0.181. The molecule has 0 aromatic heterocycles. The molecule has 1 heterocycles. The van der Waals surface area contributed by atoms with Gasteiger partial charge < -0.3 is 9.47 Å². The van der Waals surface area contributed by atoms with E-state index in [0.717, 1.165) is 32.0 Å². The van der Waals surface area contributed by atoms with Crippen LogP contribution in [0.1, 0.15) is 46.0 Å². The first-order valence-corrected chi connectivity index (χ1v) is 5.56. The molecule has 0 spiro atoms. The third-order valence-electron chi connectivity index (χ3n) is 2.73. The smallest absolute Gasteiger partial charge is 0.157 e. The van der Waals surface area contributed by atoms with Crippen LogP contribution in [0.15, 0.2) is 0 Å². The minimum atomic E-state index is 0.0952. The van der Waals surface area contributed by atoms with Crippen LogP contribution in [0.3, 0.4) is 0 Å². The van der Waals surface area contributed by atoms with Gasteiger partial charge in [0, 0.05) is 0 Å². The van der Waals surface area contributed by atoms with Crippen LogP contribution >= 0.6 is 0 Å². The van der Waals surface area contributed by atoms with Crippen LogP contribution in [-0.2, 0) is 9.47 Å². The summed E-state index contributed by atoms with van der Waals surface area (Å²) >= 11 is 0. The second-order valence-corrected chi connectivity index (χ2v) is 3.97. The highest BCUT2D eigenvalue weighted by atomic mass is 16.7. The van der Waals surface area contributed by atoms with Gasteiger partial charge in [-0.25, -0.2) is 0 Å². The lowest BCUT2D eigenvalue weighted by atomic mass is 10.0. The average molecular weight is 186 g/mol. The van der Waals surface area contributed by atoms with E-state index in [1.54, 1.807) is 0 Å². The molecule has 2 nitrogen and oxygen atoms in total. The lowest BCUT2D eigenvalue weighted by Gasteiger charge is -2.23. The van der Waals surface area contributed by atoms with Gasteiger partial charge in [-0.2, -0.15) is 0 Å². The van der Waals surface area contributed by atoms with Crippen LogP contribution < -0.4 is 0 Å².